The summed E-state index contributed by atoms with van der Waals surface area (Å²) in [5, 5.41) is 0. The molecule has 0 aromatic rings. The molecule has 3 aliphatic rings. The number of ketones is 1. The van der Waals surface area contributed by atoms with Crippen molar-refractivity contribution >= 4 is 16.0 Å². The number of rotatable bonds is 2. The summed E-state index contributed by atoms with van der Waals surface area (Å²) in [5.74, 6) is 0.231. The maximum Gasteiger partial charge on any atom is 0.282 e. The summed E-state index contributed by atoms with van der Waals surface area (Å²) < 4.78 is 28.9. The minimum Gasteiger partial charge on any atom is -0.300 e. The summed E-state index contributed by atoms with van der Waals surface area (Å²) in [5.41, 5.74) is 0. The molecule has 19 heavy (non-hydrogen) atoms. The molecule has 0 radical (unpaired) electrons. The lowest BCUT2D eigenvalue weighted by molar-refractivity contribution is -0.122. The summed E-state index contributed by atoms with van der Waals surface area (Å²) in [6, 6.07) is -0.140. The Morgan fingerprint density at radius 1 is 0.895 bits per heavy atom. The number of Topliss-reactive ketones (excluding diaryl/α,β-unsaturated/α-hetero) is 1. The van der Waals surface area contributed by atoms with E-state index in [9.17, 15) is 13.2 Å². The van der Waals surface area contributed by atoms with E-state index in [1.54, 1.807) is 8.61 Å². The van der Waals surface area contributed by atoms with Crippen LogP contribution in [0.5, 0.6) is 0 Å². The molecule has 5 nitrogen and oxygen atoms in total. The van der Waals surface area contributed by atoms with Gasteiger partial charge in [0.05, 0.1) is 0 Å². The van der Waals surface area contributed by atoms with E-state index in [1.807, 2.05) is 0 Å². The lowest BCUT2D eigenvalue weighted by Gasteiger charge is -2.36. The fraction of sp³-hybridized carbons (Fsp3) is 0.923. The van der Waals surface area contributed by atoms with Crippen LogP contribution in [-0.2, 0) is 15.0 Å². The zero-order chi connectivity index (χ0) is 13.5. The normalized spacial score (nSPS) is 34.4. The topological polar surface area (TPSA) is 57.7 Å². The van der Waals surface area contributed by atoms with Crippen molar-refractivity contribution in [2.75, 3.05) is 13.1 Å². The van der Waals surface area contributed by atoms with Gasteiger partial charge in [0, 0.05) is 38.0 Å². The molecule has 6 heteroatoms. The minimum absolute atomic E-state index is 0.0699. The maximum atomic E-state index is 12.8. The Morgan fingerprint density at radius 3 is 1.95 bits per heavy atom. The van der Waals surface area contributed by atoms with Gasteiger partial charge in [-0.15, -0.1) is 0 Å². The SMILES string of the molecule is O=C1CC2CCC(C1)N2S(=O)(=O)N1CCCCCC1. The molecule has 3 rings (SSSR count). The third kappa shape index (κ3) is 2.45. The molecule has 2 atom stereocenters. The Morgan fingerprint density at radius 2 is 1.42 bits per heavy atom. The Hall–Kier alpha value is -0.460. The molecule has 0 N–H and O–H groups in total. The quantitative estimate of drug-likeness (QED) is 0.769. The molecule has 2 bridgehead atoms. The Bertz CT molecular complexity index is 439. The third-order valence-corrected chi connectivity index (χ3v) is 6.78. The van der Waals surface area contributed by atoms with Crippen LogP contribution in [0.3, 0.4) is 0 Å². The number of nitrogens with zero attached hydrogens (tertiary/aromatic N) is 2. The Kier molecular flexibility index (Phi) is 3.66. The second-order valence-electron chi connectivity index (χ2n) is 5.98. The lowest BCUT2D eigenvalue weighted by Crippen LogP contribution is -2.52. The molecular formula is C13H22N2O3S. The number of carbonyl (C=O) groups excluding carboxylic acids is 1. The fourth-order valence-electron chi connectivity index (χ4n) is 3.71. The first kappa shape index (κ1) is 13.5. The van der Waals surface area contributed by atoms with E-state index < -0.39 is 10.2 Å². The van der Waals surface area contributed by atoms with Crippen molar-refractivity contribution in [1.82, 2.24) is 8.61 Å². The second kappa shape index (κ2) is 5.14. The van der Waals surface area contributed by atoms with Crippen LogP contribution in [0.15, 0.2) is 0 Å². The highest BCUT2D eigenvalue weighted by atomic mass is 32.2. The van der Waals surface area contributed by atoms with Crippen LogP contribution < -0.4 is 0 Å². The molecule has 0 aromatic heterocycles. The van der Waals surface area contributed by atoms with Crippen molar-refractivity contribution in [1.29, 1.82) is 0 Å². The average Bonchev–Trinajstić information content (AvgIpc) is 2.59. The van der Waals surface area contributed by atoms with Gasteiger partial charge >= 0.3 is 0 Å². The monoisotopic (exact) mass is 286 g/mol. The molecule has 0 amide bonds. The average molecular weight is 286 g/mol. The molecule has 0 saturated carbocycles. The minimum atomic E-state index is -3.35. The van der Waals surface area contributed by atoms with Gasteiger partial charge in [-0.3, -0.25) is 4.79 Å². The van der Waals surface area contributed by atoms with Gasteiger partial charge in [-0.25, -0.2) is 0 Å². The van der Waals surface area contributed by atoms with Gasteiger partial charge in [-0.1, -0.05) is 12.8 Å². The van der Waals surface area contributed by atoms with Crippen molar-refractivity contribution in [3.8, 4) is 0 Å². The standard InChI is InChI=1S/C13H22N2O3S/c16-13-9-11-5-6-12(10-13)15(11)19(17,18)14-7-3-1-2-4-8-14/h11-12H,1-10H2. The van der Waals surface area contributed by atoms with Crippen LogP contribution in [0, 0.1) is 0 Å². The van der Waals surface area contributed by atoms with Crippen molar-refractivity contribution in [2.45, 2.75) is 63.5 Å². The summed E-state index contributed by atoms with van der Waals surface area (Å²) in [7, 11) is -3.35. The van der Waals surface area contributed by atoms with E-state index in [0.717, 1.165) is 38.5 Å². The van der Waals surface area contributed by atoms with Crippen LogP contribution in [0.25, 0.3) is 0 Å². The van der Waals surface area contributed by atoms with Gasteiger partial charge < -0.3 is 0 Å². The van der Waals surface area contributed by atoms with Gasteiger partial charge in [0.1, 0.15) is 5.78 Å². The van der Waals surface area contributed by atoms with Crippen molar-refractivity contribution in [2.24, 2.45) is 0 Å². The number of fused-ring (bicyclic) bond motifs is 2. The molecule has 0 aliphatic carbocycles. The van der Waals surface area contributed by atoms with Crippen molar-refractivity contribution in [3.63, 3.8) is 0 Å². The molecule has 0 spiro atoms. The predicted molar refractivity (Wildman–Crippen MR) is 71.9 cm³/mol. The zero-order valence-electron chi connectivity index (χ0n) is 11.3. The third-order valence-electron chi connectivity index (χ3n) is 4.64. The second-order valence-corrected chi connectivity index (χ2v) is 7.82. The summed E-state index contributed by atoms with van der Waals surface area (Å²) >= 11 is 0. The van der Waals surface area contributed by atoms with Gasteiger partial charge in [-0.2, -0.15) is 17.0 Å². The Balaban J connectivity index is 1.82. The molecule has 3 heterocycles. The van der Waals surface area contributed by atoms with E-state index in [1.165, 1.54) is 0 Å². The van der Waals surface area contributed by atoms with Gasteiger partial charge in [-0.05, 0) is 25.7 Å². The Labute approximate surface area is 115 Å². The number of piperidine rings is 1. The van der Waals surface area contributed by atoms with E-state index in [-0.39, 0.29) is 17.9 Å². The lowest BCUT2D eigenvalue weighted by atomic mass is 10.0. The molecule has 3 aliphatic heterocycles. The van der Waals surface area contributed by atoms with E-state index in [2.05, 4.69) is 0 Å². The van der Waals surface area contributed by atoms with Crippen LogP contribution in [0.1, 0.15) is 51.4 Å². The van der Waals surface area contributed by atoms with Gasteiger partial charge in [0.2, 0.25) is 0 Å². The fourth-order valence-corrected chi connectivity index (χ4v) is 5.81. The highest BCUT2D eigenvalue weighted by Crippen LogP contribution is 2.37. The molecule has 3 fully saturated rings. The highest BCUT2D eigenvalue weighted by Gasteiger charge is 2.48. The first-order chi connectivity index (χ1) is 9.09. The highest BCUT2D eigenvalue weighted by molar-refractivity contribution is 7.86. The summed E-state index contributed by atoms with van der Waals surface area (Å²) in [4.78, 5) is 11.6. The van der Waals surface area contributed by atoms with Crippen LogP contribution in [0.2, 0.25) is 0 Å². The van der Waals surface area contributed by atoms with E-state index in [0.29, 0.717) is 25.9 Å². The zero-order valence-corrected chi connectivity index (χ0v) is 12.1. The molecule has 3 saturated heterocycles. The summed E-state index contributed by atoms with van der Waals surface area (Å²) in [6.45, 7) is 1.29. The first-order valence-corrected chi connectivity index (χ1v) is 8.79. The van der Waals surface area contributed by atoms with E-state index in [4.69, 9.17) is 0 Å². The molecule has 2 unspecified atom stereocenters. The molecule has 0 aromatic carbocycles. The molecule has 108 valence electrons. The van der Waals surface area contributed by atoms with Gasteiger partial charge in [0.15, 0.2) is 0 Å². The summed E-state index contributed by atoms with van der Waals surface area (Å²) in [6.07, 6.45) is 6.71. The van der Waals surface area contributed by atoms with Crippen molar-refractivity contribution < 1.29 is 13.2 Å². The van der Waals surface area contributed by atoms with Crippen molar-refractivity contribution in [3.05, 3.63) is 0 Å². The van der Waals surface area contributed by atoms with Gasteiger partial charge in [0.25, 0.3) is 10.2 Å². The molecular weight excluding hydrogens is 264 g/mol. The van der Waals surface area contributed by atoms with Crippen LogP contribution >= 0.6 is 0 Å². The maximum absolute atomic E-state index is 12.8. The van der Waals surface area contributed by atoms with Crippen LogP contribution in [-0.4, -0.2) is 48.0 Å². The number of hydrogen-bond donors (Lipinski definition) is 0. The number of carbonyl (C=O) groups is 1. The van der Waals surface area contributed by atoms with E-state index >= 15 is 0 Å². The first-order valence-electron chi connectivity index (χ1n) is 7.39. The predicted octanol–water partition coefficient (Wildman–Crippen LogP) is 1.30. The largest absolute Gasteiger partial charge is 0.300 e. The number of hydrogen-bond acceptors (Lipinski definition) is 3. The smallest absolute Gasteiger partial charge is 0.282 e. The van der Waals surface area contributed by atoms with Crippen LogP contribution in [0.4, 0.5) is 0 Å².